The lowest BCUT2D eigenvalue weighted by atomic mass is 9.89. The van der Waals surface area contributed by atoms with Gasteiger partial charge in [0, 0.05) is 31.8 Å². The van der Waals surface area contributed by atoms with Crippen LogP contribution in [0.1, 0.15) is 31.2 Å². The summed E-state index contributed by atoms with van der Waals surface area (Å²) in [7, 11) is 0. The molecule has 2 fully saturated rings. The van der Waals surface area contributed by atoms with Gasteiger partial charge in [-0.1, -0.05) is 30.3 Å². The van der Waals surface area contributed by atoms with E-state index in [0.29, 0.717) is 5.92 Å². The zero-order valence-corrected chi connectivity index (χ0v) is 12.1. The minimum absolute atomic E-state index is 0.244. The van der Waals surface area contributed by atoms with Crippen LogP contribution in [0, 0.1) is 0 Å². The van der Waals surface area contributed by atoms with Crippen LogP contribution >= 0.6 is 0 Å². The van der Waals surface area contributed by atoms with Gasteiger partial charge in [0.2, 0.25) is 5.91 Å². The lowest BCUT2D eigenvalue weighted by Gasteiger charge is -2.33. The summed E-state index contributed by atoms with van der Waals surface area (Å²) < 4.78 is 0. The lowest BCUT2D eigenvalue weighted by molar-refractivity contribution is -0.128. The predicted molar refractivity (Wildman–Crippen MR) is 80.6 cm³/mol. The third-order valence-corrected chi connectivity index (χ3v) is 4.58. The van der Waals surface area contributed by atoms with Crippen molar-refractivity contribution in [2.45, 2.75) is 25.7 Å². The smallest absolute Gasteiger partial charge is 0.249 e. The Labute approximate surface area is 120 Å². The minimum atomic E-state index is 0.244. The Hall–Kier alpha value is -1.61. The number of piperidine rings is 1. The standard InChI is InChI=1S/C17H22N2O/c1-13(16-11-18-12-16)17(20)19-9-7-15(8-10-19)14-5-3-2-4-6-14/h2-6,15,18H,7-12H2,1H3. The number of nitrogens with one attached hydrogen (secondary N) is 1. The van der Waals surface area contributed by atoms with Crippen molar-refractivity contribution in [2.75, 3.05) is 26.2 Å². The van der Waals surface area contributed by atoms with Crippen LogP contribution in [0.25, 0.3) is 0 Å². The largest absolute Gasteiger partial charge is 0.339 e. The van der Waals surface area contributed by atoms with E-state index in [9.17, 15) is 4.79 Å². The molecule has 2 aliphatic rings. The molecule has 3 rings (SSSR count). The average molecular weight is 270 g/mol. The van der Waals surface area contributed by atoms with Gasteiger partial charge in [-0.3, -0.25) is 4.79 Å². The molecule has 0 atom stereocenters. The number of rotatable bonds is 2. The summed E-state index contributed by atoms with van der Waals surface area (Å²) in [6.07, 6.45) is 2.16. The quantitative estimate of drug-likeness (QED) is 0.836. The van der Waals surface area contributed by atoms with Crippen LogP contribution in [0.4, 0.5) is 0 Å². The highest BCUT2D eigenvalue weighted by molar-refractivity contribution is 5.94. The first-order valence-corrected chi connectivity index (χ1v) is 7.49. The number of likely N-dealkylation sites (tertiary alicyclic amines) is 1. The average Bonchev–Trinajstić information content (AvgIpc) is 2.46. The highest BCUT2D eigenvalue weighted by Gasteiger charge is 2.26. The number of carbonyl (C=O) groups excluding carboxylic acids is 1. The summed E-state index contributed by atoms with van der Waals surface area (Å²) >= 11 is 0. The minimum Gasteiger partial charge on any atom is -0.339 e. The first-order chi connectivity index (χ1) is 9.75. The summed E-state index contributed by atoms with van der Waals surface area (Å²) in [6, 6.07) is 10.7. The van der Waals surface area contributed by atoms with Crippen LogP contribution in [0.2, 0.25) is 0 Å². The topological polar surface area (TPSA) is 32.3 Å². The molecule has 20 heavy (non-hydrogen) atoms. The molecule has 2 saturated heterocycles. The normalized spacial score (nSPS) is 19.6. The summed E-state index contributed by atoms with van der Waals surface area (Å²) in [4.78, 5) is 14.4. The van der Waals surface area contributed by atoms with E-state index >= 15 is 0 Å². The van der Waals surface area contributed by atoms with Gasteiger partial charge < -0.3 is 10.2 Å². The van der Waals surface area contributed by atoms with Crippen LogP contribution in [0.3, 0.4) is 0 Å². The molecule has 1 amide bonds. The van der Waals surface area contributed by atoms with Crippen molar-refractivity contribution in [3.63, 3.8) is 0 Å². The van der Waals surface area contributed by atoms with Crippen molar-refractivity contribution < 1.29 is 4.79 Å². The highest BCUT2D eigenvalue weighted by atomic mass is 16.2. The second-order valence-corrected chi connectivity index (χ2v) is 5.81. The molecule has 3 nitrogen and oxygen atoms in total. The van der Waals surface area contributed by atoms with E-state index in [2.05, 4.69) is 35.6 Å². The molecule has 0 aromatic heterocycles. The Bertz CT molecular complexity index is 507. The Morgan fingerprint density at radius 2 is 1.80 bits per heavy atom. The fourth-order valence-electron chi connectivity index (χ4n) is 3.04. The van der Waals surface area contributed by atoms with Gasteiger partial charge in [-0.05, 0) is 36.8 Å². The van der Waals surface area contributed by atoms with Crippen LogP contribution < -0.4 is 5.32 Å². The Balaban J connectivity index is 1.60. The summed E-state index contributed by atoms with van der Waals surface area (Å²) in [5.41, 5.74) is 3.65. The van der Waals surface area contributed by atoms with Gasteiger partial charge >= 0.3 is 0 Å². The highest BCUT2D eigenvalue weighted by Crippen LogP contribution is 2.28. The number of nitrogens with zero attached hydrogens (tertiary/aromatic N) is 1. The number of hydrogen-bond donors (Lipinski definition) is 1. The molecule has 3 heteroatoms. The Kier molecular flexibility index (Phi) is 3.88. The van der Waals surface area contributed by atoms with Crippen molar-refractivity contribution in [3.05, 3.63) is 47.0 Å². The Morgan fingerprint density at radius 1 is 1.15 bits per heavy atom. The molecule has 1 aromatic rings. The van der Waals surface area contributed by atoms with E-state index < -0.39 is 0 Å². The molecule has 0 saturated carbocycles. The number of benzene rings is 1. The monoisotopic (exact) mass is 270 g/mol. The maximum atomic E-state index is 12.4. The van der Waals surface area contributed by atoms with E-state index in [1.54, 1.807) is 0 Å². The van der Waals surface area contributed by atoms with Gasteiger partial charge in [-0.15, -0.1) is 0 Å². The van der Waals surface area contributed by atoms with Crippen molar-refractivity contribution in [3.8, 4) is 0 Å². The molecule has 0 spiro atoms. The van der Waals surface area contributed by atoms with Crippen LogP contribution in [-0.2, 0) is 4.79 Å². The van der Waals surface area contributed by atoms with E-state index in [1.165, 1.54) is 11.1 Å². The van der Waals surface area contributed by atoms with Gasteiger partial charge in [-0.25, -0.2) is 0 Å². The zero-order chi connectivity index (χ0) is 13.9. The SMILES string of the molecule is CC(C(=O)N1CCC(c2ccccc2)CC1)=C1CNC1. The first kappa shape index (κ1) is 13.4. The van der Waals surface area contributed by atoms with Gasteiger partial charge in [0.1, 0.15) is 0 Å². The first-order valence-electron chi connectivity index (χ1n) is 7.49. The maximum absolute atomic E-state index is 12.4. The summed E-state index contributed by atoms with van der Waals surface area (Å²) in [6.45, 7) is 5.52. The van der Waals surface area contributed by atoms with E-state index in [4.69, 9.17) is 0 Å². The van der Waals surface area contributed by atoms with Crippen molar-refractivity contribution >= 4 is 5.91 Å². The Morgan fingerprint density at radius 3 is 2.35 bits per heavy atom. The second kappa shape index (κ2) is 5.80. The molecule has 2 aliphatic heterocycles. The van der Waals surface area contributed by atoms with Crippen LogP contribution in [0.15, 0.2) is 41.5 Å². The molecule has 0 bridgehead atoms. The fraction of sp³-hybridized carbons (Fsp3) is 0.471. The van der Waals surface area contributed by atoms with Gasteiger partial charge in [0.25, 0.3) is 0 Å². The fourth-order valence-corrected chi connectivity index (χ4v) is 3.04. The molecule has 0 radical (unpaired) electrons. The molecule has 0 unspecified atom stereocenters. The van der Waals surface area contributed by atoms with Crippen LogP contribution in [0.5, 0.6) is 0 Å². The second-order valence-electron chi connectivity index (χ2n) is 5.81. The molecule has 106 valence electrons. The third kappa shape index (κ3) is 2.63. The molecular weight excluding hydrogens is 248 g/mol. The number of hydrogen-bond acceptors (Lipinski definition) is 2. The van der Waals surface area contributed by atoms with Crippen LogP contribution in [-0.4, -0.2) is 37.0 Å². The van der Waals surface area contributed by atoms with Gasteiger partial charge in [0.05, 0.1) is 0 Å². The summed E-state index contributed by atoms with van der Waals surface area (Å²) in [5, 5.41) is 3.20. The number of amides is 1. The third-order valence-electron chi connectivity index (χ3n) is 4.58. The van der Waals surface area contributed by atoms with E-state index in [-0.39, 0.29) is 5.91 Å². The van der Waals surface area contributed by atoms with Gasteiger partial charge in [-0.2, -0.15) is 0 Å². The zero-order valence-electron chi connectivity index (χ0n) is 12.1. The molecular formula is C17H22N2O. The van der Waals surface area contributed by atoms with Crippen molar-refractivity contribution in [1.29, 1.82) is 0 Å². The van der Waals surface area contributed by atoms with E-state index in [1.807, 2.05) is 11.8 Å². The van der Waals surface area contributed by atoms with Crippen molar-refractivity contribution in [1.82, 2.24) is 10.2 Å². The summed E-state index contributed by atoms with van der Waals surface area (Å²) in [5.74, 6) is 0.853. The molecule has 2 heterocycles. The molecule has 1 aromatic carbocycles. The maximum Gasteiger partial charge on any atom is 0.249 e. The van der Waals surface area contributed by atoms with E-state index in [0.717, 1.165) is 44.6 Å². The lowest BCUT2D eigenvalue weighted by Crippen LogP contribution is -2.41. The molecule has 1 N–H and O–H groups in total. The number of carbonyl (C=O) groups is 1. The molecule has 0 aliphatic carbocycles. The van der Waals surface area contributed by atoms with Crippen molar-refractivity contribution in [2.24, 2.45) is 0 Å². The predicted octanol–water partition coefficient (Wildman–Crippen LogP) is 2.31. The van der Waals surface area contributed by atoms with Gasteiger partial charge in [0.15, 0.2) is 0 Å².